The quantitative estimate of drug-likeness (QED) is 0.379. The van der Waals surface area contributed by atoms with Crippen LogP contribution in [-0.4, -0.2) is 18.6 Å². The Kier molecular flexibility index (Phi) is 12.7. The fourth-order valence-electron chi connectivity index (χ4n) is 2.95. The van der Waals surface area contributed by atoms with Gasteiger partial charge in [0.05, 0.1) is 0 Å². The summed E-state index contributed by atoms with van der Waals surface area (Å²) in [5.41, 5.74) is 4.17. The number of rotatable bonds is 0. The van der Waals surface area contributed by atoms with Crippen molar-refractivity contribution in [1.82, 2.24) is 4.98 Å². The number of benzene rings is 1. The van der Waals surface area contributed by atoms with Crippen LogP contribution in [0.2, 0.25) is 13.1 Å². The zero-order chi connectivity index (χ0) is 18.8. The zero-order valence-electron chi connectivity index (χ0n) is 18.2. The van der Waals surface area contributed by atoms with Gasteiger partial charge >= 0.3 is 26.2 Å². The van der Waals surface area contributed by atoms with Crippen molar-refractivity contribution in [2.45, 2.75) is 65.5 Å². The monoisotopic (exact) mass is 509 g/mol. The van der Waals surface area contributed by atoms with Gasteiger partial charge < -0.3 is 29.8 Å². The molecule has 2 aromatic rings. The number of hydrogen-bond donors (Lipinski definition) is 1. The third-order valence-electron chi connectivity index (χ3n) is 4.33. The molecule has 0 aliphatic heterocycles. The zero-order valence-corrected chi connectivity index (χ0v) is 23.2. The van der Waals surface area contributed by atoms with Gasteiger partial charge in [-0.05, 0) is 19.2 Å². The Balaban J connectivity index is 0. The van der Waals surface area contributed by atoms with Crippen LogP contribution in [0.5, 0.6) is 0 Å². The number of H-pyrrole nitrogens is 1. The summed E-state index contributed by atoms with van der Waals surface area (Å²) in [6.45, 7) is 18.1. The second-order valence-electron chi connectivity index (χ2n) is 8.94. The van der Waals surface area contributed by atoms with Gasteiger partial charge in [0.25, 0.3) is 0 Å². The number of fused-ring (bicyclic) bond motifs is 1. The Hall–Kier alpha value is -0.210. The number of aromatic amines is 1. The minimum absolute atomic E-state index is 0. The molecule has 0 fully saturated rings. The fourth-order valence-corrected chi connectivity index (χ4v) is 3.75. The van der Waals surface area contributed by atoms with E-state index < -0.39 is 0 Å². The van der Waals surface area contributed by atoms with Gasteiger partial charge in [-0.25, -0.2) is 12.2 Å². The van der Waals surface area contributed by atoms with Gasteiger partial charge in [0.2, 0.25) is 0 Å². The molecule has 0 unspecified atom stereocenters. The van der Waals surface area contributed by atoms with Crippen molar-refractivity contribution < 1.29 is 51.0 Å². The first-order valence-electron chi connectivity index (χ1n) is 8.99. The standard InChI is InChI=1S/C16H22N.C7H9Si.2ClH.Zr/c1-15(2,3)11-8-7-9-13-14(11)12(10-17-13)16(4,5)6;1-8(2)7-5-3-4-6-7;;;/h7-9,17H,1-6H3;3-5H,1-2H3;2*1H;/q2*-1;;;+4/p-2. The van der Waals surface area contributed by atoms with E-state index >= 15 is 0 Å². The maximum atomic E-state index is 3.34. The van der Waals surface area contributed by atoms with Crippen molar-refractivity contribution in [1.29, 1.82) is 0 Å². The molecule has 5 heteroatoms. The second-order valence-corrected chi connectivity index (χ2v) is 11.5. The molecule has 1 aromatic carbocycles. The van der Waals surface area contributed by atoms with Gasteiger partial charge in [-0.3, -0.25) is 0 Å². The van der Waals surface area contributed by atoms with Crippen molar-refractivity contribution in [3.05, 3.63) is 59.8 Å². The average Bonchev–Trinajstić information content (AvgIpc) is 3.15. The first kappa shape index (κ1) is 30.0. The van der Waals surface area contributed by atoms with Crippen LogP contribution < -0.4 is 24.8 Å². The van der Waals surface area contributed by atoms with Crippen molar-refractivity contribution in [3.63, 3.8) is 0 Å². The van der Waals surface area contributed by atoms with Crippen LogP contribution >= 0.6 is 0 Å². The average molecular weight is 512 g/mol. The van der Waals surface area contributed by atoms with E-state index in [1.165, 1.54) is 27.2 Å². The largest absolute Gasteiger partial charge is 4.00 e. The number of nitrogens with one attached hydrogen (secondary N) is 1. The van der Waals surface area contributed by atoms with Crippen LogP contribution in [0.25, 0.3) is 10.9 Å². The Bertz CT molecular complexity index is 832. The molecular formula is C23H31Cl2NSiZr. The summed E-state index contributed by atoms with van der Waals surface area (Å²) in [5, 5.41) is 2.77. The fraction of sp³-hybridized carbons (Fsp3) is 0.435. The molecule has 0 amide bonds. The molecule has 1 nitrogen and oxygen atoms in total. The van der Waals surface area contributed by atoms with E-state index in [0.29, 0.717) is 0 Å². The van der Waals surface area contributed by atoms with Crippen molar-refractivity contribution in [2.24, 2.45) is 0 Å². The molecule has 0 spiro atoms. The number of halogens is 2. The summed E-state index contributed by atoms with van der Waals surface area (Å²) >= 11 is 0. The molecular weight excluding hydrogens is 480 g/mol. The number of aromatic nitrogens is 1. The molecule has 1 aliphatic carbocycles. The van der Waals surface area contributed by atoms with Crippen molar-refractivity contribution in [2.75, 3.05) is 0 Å². The molecule has 0 atom stereocenters. The molecule has 1 N–H and O–H groups in total. The van der Waals surface area contributed by atoms with Crippen LogP contribution in [-0.2, 0) is 37.0 Å². The summed E-state index contributed by atoms with van der Waals surface area (Å²) in [7, 11) is -0.225. The molecule has 28 heavy (non-hydrogen) atoms. The van der Waals surface area contributed by atoms with Crippen LogP contribution in [0.3, 0.4) is 0 Å². The summed E-state index contributed by atoms with van der Waals surface area (Å²) < 4.78 is 0. The van der Waals surface area contributed by atoms with Gasteiger partial charge in [-0.15, -0.1) is 28.7 Å². The van der Waals surface area contributed by atoms with E-state index in [0.717, 1.165) is 0 Å². The van der Waals surface area contributed by atoms with E-state index in [4.69, 9.17) is 0 Å². The Morgan fingerprint density at radius 2 is 1.54 bits per heavy atom. The first-order valence-corrected chi connectivity index (χ1v) is 11.5. The van der Waals surface area contributed by atoms with Gasteiger partial charge in [0, 0.05) is 0 Å². The minimum atomic E-state index is -0.225. The minimum Gasteiger partial charge on any atom is -1.00 e. The third kappa shape index (κ3) is 7.56. The molecule has 1 aromatic heterocycles. The molecule has 150 valence electrons. The molecule has 0 saturated heterocycles. The van der Waals surface area contributed by atoms with E-state index in [2.05, 4.69) is 96.2 Å². The van der Waals surface area contributed by atoms with Crippen LogP contribution in [0, 0.1) is 12.3 Å². The second kappa shape index (κ2) is 11.8. The van der Waals surface area contributed by atoms with Gasteiger partial charge in [0.1, 0.15) is 0 Å². The molecule has 0 bridgehead atoms. The Labute approximate surface area is 204 Å². The van der Waals surface area contributed by atoms with E-state index in [1.807, 2.05) is 12.2 Å². The van der Waals surface area contributed by atoms with Crippen LogP contribution in [0.4, 0.5) is 0 Å². The third-order valence-corrected chi connectivity index (χ3v) is 5.72. The van der Waals surface area contributed by atoms with E-state index in [9.17, 15) is 0 Å². The number of hydrogen-bond acceptors (Lipinski definition) is 0. The summed E-state index contributed by atoms with van der Waals surface area (Å²) in [6.07, 6.45) is 12.7. The molecule has 0 saturated carbocycles. The first-order chi connectivity index (χ1) is 11.5. The smallest absolute Gasteiger partial charge is 1.00 e. The topological polar surface area (TPSA) is 15.8 Å². The molecule has 1 heterocycles. The summed E-state index contributed by atoms with van der Waals surface area (Å²) in [6, 6.07) is 6.50. The predicted octanol–water partition coefficient (Wildman–Crippen LogP) is -0.00732. The molecule has 1 aliphatic rings. The molecule has 0 radical (unpaired) electrons. The van der Waals surface area contributed by atoms with Crippen molar-refractivity contribution >= 4 is 24.5 Å². The van der Waals surface area contributed by atoms with E-state index in [1.54, 1.807) is 0 Å². The Morgan fingerprint density at radius 3 is 1.93 bits per heavy atom. The molecule has 3 rings (SSSR count). The van der Waals surface area contributed by atoms with Gasteiger partial charge in [0.15, 0.2) is 0 Å². The van der Waals surface area contributed by atoms with E-state index in [-0.39, 0.29) is 70.3 Å². The SMILES string of the molecule is CC(C)(C)c1[c-][nH]c2cccc(C(C)(C)C)c12.C[Si](C)=C1[C-]=CC=C1.[Cl-].[Cl-].[Zr+4]. The van der Waals surface area contributed by atoms with Gasteiger partial charge in [-0.2, -0.15) is 17.3 Å². The predicted molar refractivity (Wildman–Crippen MR) is 114 cm³/mol. The van der Waals surface area contributed by atoms with Crippen LogP contribution in [0.1, 0.15) is 52.7 Å². The maximum Gasteiger partial charge on any atom is 4.00 e. The summed E-state index contributed by atoms with van der Waals surface area (Å²) in [5.74, 6) is 0. The van der Waals surface area contributed by atoms with Crippen LogP contribution in [0.15, 0.2) is 36.4 Å². The summed E-state index contributed by atoms with van der Waals surface area (Å²) in [4.78, 5) is 3.28. The van der Waals surface area contributed by atoms with Gasteiger partial charge in [-0.1, -0.05) is 72.3 Å². The number of allylic oxidation sites excluding steroid dienone is 4. The maximum absolute atomic E-state index is 3.34. The van der Waals surface area contributed by atoms with Crippen molar-refractivity contribution in [3.8, 4) is 0 Å². The normalized spacial score (nSPS) is 12.5. The Morgan fingerprint density at radius 1 is 0.929 bits per heavy atom.